The Labute approximate surface area is 235 Å². The van der Waals surface area contributed by atoms with Crippen LogP contribution in [0.5, 0.6) is 11.5 Å². The molecule has 6 rings (SSSR count). The summed E-state index contributed by atoms with van der Waals surface area (Å²) in [6.45, 7) is 10.9. The van der Waals surface area contributed by atoms with Gasteiger partial charge in [0.1, 0.15) is 17.1 Å². The molecule has 0 spiro atoms. The molecule has 206 valence electrons. The lowest BCUT2D eigenvalue weighted by Gasteiger charge is -2.39. The zero-order valence-corrected chi connectivity index (χ0v) is 24.2. The van der Waals surface area contributed by atoms with E-state index in [1.54, 1.807) is 0 Å². The zero-order chi connectivity index (χ0) is 27.1. The van der Waals surface area contributed by atoms with Crippen molar-refractivity contribution in [3.8, 4) is 11.5 Å². The molecule has 3 heteroatoms. The van der Waals surface area contributed by atoms with E-state index in [2.05, 4.69) is 79.4 Å². The molecule has 3 aromatic carbocycles. The Morgan fingerprint density at radius 3 is 2.23 bits per heavy atom. The van der Waals surface area contributed by atoms with Crippen LogP contribution >= 0.6 is 0 Å². The molecule has 0 radical (unpaired) electrons. The number of hydrogen-bond acceptors (Lipinski definition) is 3. The average molecular weight is 524 g/mol. The second kappa shape index (κ2) is 10.7. The van der Waals surface area contributed by atoms with Crippen molar-refractivity contribution in [2.45, 2.75) is 84.3 Å². The quantitative estimate of drug-likeness (QED) is 0.353. The highest BCUT2D eigenvalue weighted by molar-refractivity contribution is 5.58. The average Bonchev–Trinajstić information content (AvgIpc) is 3.77. The van der Waals surface area contributed by atoms with Crippen molar-refractivity contribution >= 4 is 0 Å². The second-order valence-electron chi connectivity index (χ2n) is 12.8. The van der Waals surface area contributed by atoms with Gasteiger partial charge in [-0.3, -0.25) is 4.90 Å². The summed E-state index contributed by atoms with van der Waals surface area (Å²) < 4.78 is 6.86. The molecule has 0 bridgehead atoms. The summed E-state index contributed by atoms with van der Waals surface area (Å²) in [4.78, 5) is 2.74. The fourth-order valence-electron chi connectivity index (χ4n) is 7.78. The lowest BCUT2D eigenvalue weighted by Crippen LogP contribution is -2.40. The first kappa shape index (κ1) is 26.4. The van der Waals surface area contributed by atoms with Crippen molar-refractivity contribution in [2.75, 3.05) is 13.1 Å². The van der Waals surface area contributed by atoms with Gasteiger partial charge in [-0.2, -0.15) is 0 Å². The van der Waals surface area contributed by atoms with Gasteiger partial charge in [0.25, 0.3) is 0 Å². The molecule has 3 aromatic rings. The minimum atomic E-state index is -0.0826. The van der Waals surface area contributed by atoms with Crippen LogP contribution in [-0.2, 0) is 6.42 Å². The van der Waals surface area contributed by atoms with Gasteiger partial charge in [-0.25, -0.2) is 0 Å². The minimum absolute atomic E-state index is 0.0826. The van der Waals surface area contributed by atoms with E-state index < -0.39 is 0 Å². The number of nitrogens with zero attached hydrogens (tertiary/aromatic N) is 1. The number of likely N-dealkylation sites (tertiary alicyclic amines) is 1. The van der Waals surface area contributed by atoms with Crippen LogP contribution in [0.25, 0.3) is 0 Å². The number of fused-ring (bicyclic) bond motifs is 1. The summed E-state index contributed by atoms with van der Waals surface area (Å²) in [5, 5.41) is 10.6. The van der Waals surface area contributed by atoms with Crippen LogP contribution in [0.4, 0.5) is 0 Å². The molecule has 1 saturated heterocycles. The summed E-state index contributed by atoms with van der Waals surface area (Å²) in [7, 11) is 0. The Kier molecular flexibility index (Phi) is 7.22. The summed E-state index contributed by atoms with van der Waals surface area (Å²) >= 11 is 0. The Morgan fingerprint density at radius 1 is 0.897 bits per heavy atom. The van der Waals surface area contributed by atoms with Crippen LogP contribution in [0.3, 0.4) is 0 Å². The summed E-state index contributed by atoms with van der Waals surface area (Å²) in [6, 6.07) is 22.5. The molecule has 3 aliphatic rings. The number of rotatable bonds is 6. The van der Waals surface area contributed by atoms with Crippen LogP contribution in [-0.4, -0.2) is 28.7 Å². The third-order valence-corrected chi connectivity index (χ3v) is 10.4. The van der Waals surface area contributed by atoms with Gasteiger partial charge in [-0.05, 0) is 125 Å². The van der Waals surface area contributed by atoms with Crippen molar-refractivity contribution in [1.29, 1.82) is 0 Å². The molecule has 3 nitrogen and oxygen atoms in total. The van der Waals surface area contributed by atoms with Crippen LogP contribution < -0.4 is 4.74 Å². The highest BCUT2D eigenvalue weighted by Gasteiger charge is 2.53. The first-order valence-electron chi connectivity index (χ1n) is 15.2. The first-order valence-corrected chi connectivity index (χ1v) is 15.2. The van der Waals surface area contributed by atoms with Gasteiger partial charge < -0.3 is 9.84 Å². The molecular weight excluding hydrogens is 478 g/mol. The maximum atomic E-state index is 10.6. The molecular formula is C36H45NO2. The standard InChI is InChI=1S/C36H45NO2/c1-24-25(2)35-31(26(3)34(24)38)17-19-36(4,39-35)32-23-30(32)22-27-12-11-20-37(21-18-27)33(28-13-7-5-8-14-28)29-15-9-6-10-16-29/h5-10,13-16,27,30,32-33,38H,11-12,17-23H2,1-4H3. The van der Waals surface area contributed by atoms with E-state index in [4.69, 9.17) is 4.74 Å². The van der Waals surface area contributed by atoms with Crippen molar-refractivity contribution in [3.05, 3.63) is 94.0 Å². The van der Waals surface area contributed by atoms with E-state index in [0.29, 0.717) is 17.7 Å². The maximum absolute atomic E-state index is 10.6. The third-order valence-electron chi connectivity index (χ3n) is 10.4. The number of phenols is 1. The van der Waals surface area contributed by atoms with Crippen LogP contribution in [0, 0.1) is 38.5 Å². The lowest BCUT2D eigenvalue weighted by molar-refractivity contribution is 0.0347. The smallest absolute Gasteiger partial charge is 0.127 e. The van der Waals surface area contributed by atoms with Gasteiger partial charge in [-0.15, -0.1) is 0 Å². The summed E-state index contributed by atoms with van der Waals surface area (Å²) in [5.41, 5.74) is 7.04. The molecule has 1 saturated carbocycles. The number of hydrogen-bond donors (Lipinski definition) is 1. The van der Waals surface area contributed by atoms with Crippen molar-refractivity contribution < 1.29 is 9.84 Å². The Balaban J connectivity index is 1.11. The van der Waals surface area contributed by atoms with Gasteiger partial charge in [-0.1, -0.05) is 60.7 Å². The summed E-state index contributed by atoms with van der Waals surface area (Å²) in [6.07, 6.45) is 8.62. The van der Waals surface area contributed by atoms with Crippen LogP contribution in [0.1, 0.15) is 84.9 Å². The van der Waals surface area contributed by atoms with Crippen molar-refractivity contribution in [1.82, 2.24) is 4.90 Å². The molecule has 4 atom stereocenters. The predicted octanol–water partition coefficient (Wildman–Crippen LogP) is 8.32. The fraction of sp³-hybridized carbons (Fsp3) is 0.500. The molecule has 4 unspecified atom stereocenters. The summed E-state index contributed by atoms with van der Waals surface area (Å²) in [5.74, 6) is 3.75. The molecule has 1 N–H and O–H groups in total. The van der Waals surface area contributed by atoms with E-state index in [1.165, 1.54) is 61.9 Å². The second-order valence-corrected chi connectivity index (χ2v) is 12.8. The predicted molar refractivity (Wildman–Crippen MR) is 160 cm³/mol. The third kappa shape index (κ3) is 5.11. The van der Waals surface area contributed by atoms with E-state index in [0.717, 1.165) is 47.1 Å². The highest BCUT2D eigenvalue weighted by Crippen LogP contribution is 2.56. The molecule has 0 aromatic heterocycles. The normalized spacial score (nSPS) is 27.1. The van der Waals surface area contributed by atoms with Gasteiger partial charge in [0.15, 0.2) is 0 Å². The lowest BCUT2D eigenvalue weighted by atomic mass is 9.83. The maximum Gasteiger partial charge on any atom is 0.127 e. The van der Waals surface area contributed by atoms with Gasteiger partial charge in [0.2, 0.25) is 0 Å². The van der Waals surface area contributed by atoms with Crippen LogP contribution in [0.2, 0.25) is 0 Å². The highest BCUT2D eigenvalue weighted by atomic mass is 16.5. The van der Waals surface area contributed by atoms with Gasteiger partial charge in [0.05, 0.1) is 6.04 Å². The number of aromatic hydroxyl groups is 1. The molecule has 0 amide bonds. The topological polar surface area (TPSA) is 32.7 Å². The zero-order valence-electron chi connectivity index (χ0n) is 24.2. The SMILES string of the molecule is Cc1c(C)c2c(c(C)c1O)CCC(C)(C1CC1CC1CCCN(C(c3ccccc3)c3ccccc3)CC1)O2. The molecule has 39 heavy (non-hydrogen) atoms. The molecule has 2 heterocycles. The first-order chi connectivity index (χ1) is 18.9. The number of ether oxygens (including phenoxy) is 1. The molecule has 2 aliphatic heterocycles. The van der Waals surface area contributed by atoms with Crippen molar-refractivity contribution in [2.24, 2.45) is 17.8 Å². The monoisotopic (exact) mass is 523 g/mol. The number of phenolic OH excluding ortho intramolecular Hbond substituents is 1. The van der Waals surface area contributed by atoms with E-state index in [9.17, 15) is 5.11 Å². The Morgan fingerprint density at radius 2 is 1.56 bits per heavy atom. The Bertz CT molecular complexity index is 1260. The van der Waals surface area contributed by atoms with E-state index >= 15 is 0 Å². The van der Waals surface area contributed by atoms with Gasteiger partial charge in [0, 0.05) is 11.5 Å². The molecule has 2 fully saturated rings. The van der Waals surface area contributed by atoms with E-state index in [-0.39, 0.29) is 5.60 Å². The van der Waals surface area contributed by atoms with Crippen LogP contribution in [0.15, 0.2) is 60.7 Å². The van der Waals surface area contributed by atoms with Gasteiger partial charge >= 0.3 is 0 Å². The Hall–Kier alpha value is -2.78. The largest absolute Gasteiger partial charge is 0.507 e. The fourth-order valence-corrected chi connectivity index (χ4v) is 7.78. The molecule has 1 aliphatic carbocycles. The van der Waals surface area contributed by atoms with Crippen molar-refractivity contribution in [3.63, 3.8) is 0 Å². The number of benzene rings is 3. The minimum Gasteiger partial charge on any atom is -0.507 e. The van der Waals surface area contributed by atoms with E-state index in [1.807, 2.05) is 13.8 Å².